The molecule has 4 nitrogen and oxygen atoms in total. The minimum Gasteiger partial charge on any atom is -0.490 e. The molecule has 2 aromatic rings. The van der Waals surface area contributed by atoms with E-state index in [-0.39, 0.29) is 5.56 Å². The number of likely N-dealkylation sites (N-methyl/N-ethyl adjacent to an activating group) is 1. The second-order valence-corrected chi connectivity index (χ2v) is 7.41. The normalized spacial score (nSPS) is 17.5. The highest BCUT2D eigenvalue weighted by Crippen LogP contribution is 2.31. The number of hydrogen-bond acceptors (Lipinski definition) is 3. The smallest absolute Gasteiger partial charge is 0.335 e. The van der Waals surface area contributed by atoms with Gasteiger partial charge < -0.3 is 14.7 Å². The van der Waals surface area contributed by atoms with E-state index in [1.807, 2.05) is 37.3 Å². The average Bonchev–Trinajstić information content (AvgIpc) is 3.04. The number of aryl methyl sites for hydroxylation is 1. The Morgan fingerprint density at radius 3 is 2.74 bits per heavy atom. The second kappa shape index (κ2) is 8.59. The summed E-state index contributed by atoms with van der Waals surface area (Å²) in [7, 11) is 2.13. The minimum atomic E-state index is -0.932. The Morgan fingerprint density at radius 1 is 1.30 bits per heavy atom. The van der Waals surface area contributed by atoms with Gasteiger partial charge in [0, 0.05) is 6.04 Å². The zero-order valence-electron chi connectivity index (χ0n) is 15.6. The average molecular weight is 386 g/mol. The van der Waals surface area contributed by atoms with Crippen molar-refractivity contribution in [3.05, 3.63) is 63.7 Å². The number of rotatable bonds is 6. The van der Waals surface area contributed by atoms with Crippen LogP contribution in [0.15, 0.2) is 36.4 Å². The maximum Gasteiger partial charge on any atom is 0.335 e. The zero-order valence-corrected chi connectivity index (χ0v) is 16.4. The van der Waals surface area contributed by atoms with E-state index in [0.29, 0.717) is 17.7 Å². The molecule has 27 heavy (non-hydrogen) atoms. The SMILES string of the molecule is Cc1cc(/C=C/c2cccc(C(=O)O)c2)cc(Cl)c1OC[C@@H]1CCCN1C. The lowest BCUT2D eigenvalue weighted by Gasteiger charge is -2.21. The van der Waals surface area contributed by atoms with Crippen LogP contribution in [0.4, 0.5) is 0 Å². The minimum absolute atomic E-state index is 0.270. The van der Waals surface area contributed by atoms with E-state index < -0.39 is 5.97 Å². The molecule has 0 bridgehead atoms. The topological polar surface area (TPSA) is 49.8 Å². The van der Waals surface area contributed by atoms with Gasteiger partial charge in [0.2, 0.25) is 0 Å². The third-order valence-corrected chi connectivity index (χ3v) is 5.23. The molecule has 0 amide bonds. The van der Waals surface area contributed by atoms with Crippen LogP contribution in [0, 0.1) is 6.92 Å². The van der Waals surface area contributed by atoms with Crippen molar-refractivity contribution in [3.8, 4) is 5.75 Å². The third-order valence-electron chi connectivity index (χ3n) is 4.95. The number of likely N-dealkylation sites (tertiary alicyclic amines) is 1. The first-order valence-electron chi connectivity index (χ1n) is 9.08. The van der Waals surface area contributed by atoms with E-state index in [0.717, 1.165) is 35.4 Å². The molecule has 0 spiro atoms. The van der Waals surface area contributed by atoms with Gasteiger partial charge in [0.05, 0.1) is 10.6 Å². The van der Waals surface area contributed by atoms with E-state index in [1.165, 1.54) is 6.42 Å². The molecule has 0 aliphatic carbocycles. The summed E-state index contributed by atoms with van der Waals surface area (Å²) in [6, 6.07) is 11.2. The molecule has 0 saturated carbocycles. The lowest BCUT2D eigenvalue weighted by molar-refractivity contribution is 0.0697. The predicted octanol–water partition coefficient (Wildman–Crippen LogP) is 4.99. The van der Waals surface area contributed by atoms with Crippen LogP contribution in [0.3, 0.4) is 0 Å². The monoisotopic (exact) mass is 385 g/mol. The summed E-state index contributed by atoms with van der Waals surface area (Å²) in [5.74, 6) is -0.194. The summed E-state index contributed by atoms with van der Waals surface area (Å²) in [6.45, 7) is 3.75. The molecule has 0 unspecified atom stereocenters. The second-order valence-electron chi connectivity index (χ2n) is 7.00. The van der Waals surface area contributed by atoms with Crippen LogP contribution in [-0.2, 0) is 0 Å². The van der Waals surface area contributed by atoms with Crippen molar-refractivity contribution >= 4 is 29.7 Å². The lowest BCUT2D eigenvalue weighted by atomic mass is 10.1. The molecule has 1 saturated heterocycles. The van der Waals surface area contributed by atoms with Gasteiger partial charge in [-0.1, -0.05) is 35.9 Å². The summed E-state index contributed by atoms with van der Waals surface area (Å²) in [6.07, 6.45) is 6.17. The highest BCUT2D eigenvalue weighted by atomic mass is 35.5. The summed E-state index contributed by atoms with van der Waals surface area (Å²) < 4.78 is 6.02. The molecule has 0 aromatic heterocycles. The van der Waals surface area contributed by atoms with E-state index in [1.54, 1.807) is 18.2 Å². The fourth-order valence-corrected chi connectivity index (χ4v) is 3.70. The van der Waals surface area contributed by atoms with Crippen LogP contribution in [0.1, 0.15) is 39.9 Å². The molecule has 2 aromatic carbocycles. The van der Waals surface area contributed by atoms with Gasteiger partial charge in [-0.05, 0) is 74.3 Å². The van der Waals surface area contributed by atoms with Gasteiger partial charge in [0.1, 0.15) is 12.4 Å². The van der Waals surface area contributed by atoms with Gasteiger partial charge >= 0.3 is 5.97 Å². The number of carbonyl (C=O) groups is 1. The van der Waals surface area contributed by atoms with Gasteiger partial charge in [0.15, 0.2) is 0 Å². The number of aromatic carboxylic acids is 1. The predicted molar refractivity (Wildman–Crippen MR) is 110 cm³/mol. The molecule has 5 heteroatoms. The van der Waals surface area contributed by atoms with Crippen molar-refractivity contribution in [3.63, 3.8) is 0 Å². The molecule has 1 aliphatic heterocycles. The van der Waals surface area contributed by atoms with E-state index in [2.05, 4.69) is 11.9 Å². The molecule has 1 N–H and O–H groups in total. The fourth-order valence-electron chi connectivity index (χ4n) is 3.37. The first-order chi connectivity index (χ1) is 12.9. The Hall–Kier alpha value is -2.30. The number of ether oxygens (including phenoxy) is 1. The van der Waals surface area contributed by atoms with Gasteiger partial charge in [-0.25, -0.2) is 4.79 Å². The van der Waals surface area contributed by atoms with Gasteiger partial charge in [0.25, 0.3) is 0 Å². The molecular formula is C22H24ClNO3. The Bertz CT molecular complexity index is 839. The lowest BCUT2D eigenvalue weighted by Crippen LogP contribution is -2.30. The van der Waals surface area contributed by atoms with Crippen molar-refractivity contribution in [1.82, 2.24) is 4.90 Å². The summed E-state index contributed by atoms with van der Waals surface area (Å²) in [4.78, 5) is 13.4. The van der Waals surface area contributed by atoms with Crippen LogP contribution in [0.5, 0.6) is 5.75 Å². The van der Waals surface area contributed by atoms with Crippen molar-refractivity contribution < 1.29 is 14.6 Å². The molecule has 3 rings (SSSR count). The zero-order chi connectivity index (χ0) is 19.4. The van der Waals surface area contributed by atoms with E-state index >= 15 is 0 Å². The summed E-state index contributed by atoms with van der Waals surface area (Å²) in [5.41, 5.74) is 3.03. The fraction of sp³-hybridized carbons (Fsp3) is 0.318. The quantitative estimate of drug-likeness (QED) is 0.711. The largest absolute Gasteiger partial charge is 0.490 e. The van der Waals surface area contributed by atoms with Gasteiger partial charge in [-0.3, -0.25) is 0 Å². The number of nitrogens with zero attached hydrogens (tertiary/aromatic N) is 1. The Kier molecular flexibility index (Phi) is 6.19. The maximum absolute atomic E-state index is 11.1. The molecular weight excluding hydrogens is 362 g/mol. The maximum atomic E-state index is 11.1. The van der Waals surface area contributed by atoms with Crippen LogP contribution in [0.25, 0.3) is 12.2 Å². The summed E-state index contributed by atoms with van der Waals surface area (Å²) in [5, 5.41) is 9.68. The highest BCUT2D eigenvalue weighted by molar-refractivity contribution is 6.32. The van der Waals surface area contributed by atoms with Crippen LogP contribution >= 0.6 is 11.6 Å². The number of carboxylic acids is 1. The van der Waals surface area contributed by atoms with Gasteiger partial charge in [-0.2, -0.15) is 0 Å². The molecule has 0 radical (unpaired) electrons. The number of halogens is 1. The van der Waals surface area contributed by atoms with Crippen molar-refractivity contribution in [2.45, 2.75) is 25.8 Å². The molecule has 142 valence electrons. The van der Waals surface area contributed by atoms with E-state index in [9.17, 15) is 4.79 Å². The number of benzene rings is 2. The Labute approximate surface area is 165 Å². The standard InChI is InChI=1S/C22H24ClNO3/c1-15-11-17(9-8-16-5-3-6-18(12-16)22(25)26)13-20(23)21(15)27-14-19-7-4-10-24(19)2/h3,5-6,8-9,11-13,19H,4,7,10,14H2,1-2H3,(H,25,26)/b9-8+/t19-/m0/s1. The number of hydrogen-bond donors (Lipinski definition) is 1. The number of carboxylic acid groups (broad SMARTS) is 1. The first kappa shape index (κ1) is 19.5. The Balaban J connectivity index is 1.72. The van der Waals surface area contributed by atoms with Gasteiger partial charge in [-0.15, -0.1) is 0 Å². The highest BCUT2D eigenvalue weighted by Gasteiger charge is 2.22. The molecule has 1 aliphatic rings. The van der Waals surface area contributed by atoms with Crippen LogP contribution in [0.2, 0.25) is 5.02 Å². The molecule has 1 atom stereocenters. The Morgan fingerprint density at radius 2 is 2.07 bits per heavy atom. The van der Waals surface area contributed by atoms with Crippen molar-refractivity contribution in [2.24, 2.45) is 0 Å². The summed E-state index contributed by atoms with van der Waals surface area (Å²) >= 11 is 6.45. The van der Waals surface area contributed by atoms with Crippen molar-refractivity contribution in [1.29, 1.82) is 0 Å². The van der Waals surface area contributed by atoms with Crippen LogP contribution < -0.4 is 4.74 Å². The van der Waals surface area contributed by atoms with E-state index in [4.69, 9.17) is 21.4 Å². The van der Waals surface area contributed by atoms with Crippen molar-refractivity contribution in [2.75, 3.05) is 20.2 Å². The first-order valence-corrected chi connectivity index (χ1v) is 9.46. The molecule has 1 fully saturated rings. The van der Waals surface area contributed by atoms with Crippen LogP contribution in [-0.4, -0.2) is 42.2 Å². The molecule has 1 heterocycles. The third kappa shape index (κ3) is 4.90.